The van der Waals surface area contributed by atoms with Crippen molar-refractivity contribution in [1.29, 1.82) is 5.26 Å². The van der Waals surface area contributed by atoms with Gasteiger partial charge in [-0.05, 0) is 42.3 Å². The van der Waals surface area contributed by atoms with E-state index in [9.17, 15) is 4.39 Å². The molecular formula is C15H12FNS. The molecule has 2 aromatic carbocycles. The highest BCUT2D eigenvalue weighted by molar-refractivity contribution is 7.99. The minimum absolute atomic E-state index is 0.346. The molecule has 0 radical (unpaired) electrons. The van der Waals surface area contributed by atoms with Gasteiger partial charge in [0, 0.05) is 9.79 Å². The van der Waals surface area contributed by atoms with E-state index >= 15 is 0 Å². The van der Waals surface area contributed by atoms with E-state index in [0.29, 0.717) is 10.5 Å². The van der Waals surface area contributed by atoms with Gasteiger partial charge in [-0.1, -0.05) is 30.8 Å². The van der Waals surface area contributed by atoms with Gasteiger partial charge in [-0.15, -0.1) is 0 Å². The van der Waals surface area contributed by atoms with Crippen LogP contribution in [0.1, 0.15) is 18.1 Å². The SMILES string of the molecule is CCc1ccc(Sc2ccc(C#N)cc2F)cc1. The Hall–Kier alpha value is -1.79. The number of nitriles is 1. The summed E-state index contributed by atoms with van der Waals surface area (Å²) in [6.45, 7) is 2.10. The summed E-state index contributed by atoms with van der Waals surface area (Å²) in [4.78, 5) is 1.54. The van der Waals surface area contributed by atoms with Crippen LogP contribution in [0.3, 0.4) is 0 Å². The van der Waals surface area contributed by atoms with Crippen molar-refractivity contribution in [2.24, 2.45) is 0 Å². The van der Waals surface area contributed by atoms with E-state index in [1.165, 1.54) is 23.4 Å². The van der Waals surface area contributed by atoms with Gasteiger partial charge in [0.25, 0.3) is 0 Å². The lowest BCUT2D eigenvalue weighted by Crippen LogP contribution is -1.84. The zero-order valence-electron chi connectivity index (χ0n) is 9.98. The third kappa shape index (κ3) is 2.91. The summed E-state index contributed by atoms with van der Waals surface area (Å²) < 4.78 is 13.7. The van der Waals surface area contributed by atoms with E-state index in [0.717, 1.165) is 11.3 Å². The summed E-state index contributed by atoms with van der Waals surface area (Å²) in [6, 6.07) is 14.5. The van der Waals surface area contributed by atoms with Crippen LogP contribution in [-0.4, -0.2) is 0 Å². The maximum absolute atomic E-state index is 13.7. The molecule has 0 aliphatic rings. The lowest BCUT2D eigenvalue weighted by atomic mass is 10.2. The van der Waals surface area contributed by atoms with Crippen LogP contribution in [0.5, 0.6) is 0 Å². The van der Waals surface area contributed by atoms with Crippen LogP contribution in [-0.2, 0) is 6.42 Å². The van der Waals surface area contributed by atoms with Crippen molar-refractivity contribution in [3.05, 3.63) is 59.4 Å². The molecule has 0 aliphatic carbocycles. The molecule has 18 heavy (non-hydrogen) atoms. The van der Waals surface area contributed by atoms with E-state index in [1.807, 2.05) is 30.3 Å². The third-order valence-corrected chi connectivity index (χ3v) is 3.68. The molecule has 0 spiro atoms. The number of hydrogen-bond donors (Lipinski definition) is 0. The monoisotopic (exact) mass is 257 g/mol. The fraction of sp³-hybridized carbons (Fsp3) is 0.133. The molecule has 3 heteroatoms. The number of rotatable bonds is 3. The van der Waals surface area contributed by atoms with E-state index in [-0.39, 0.29) is 5.82 Å². The first-order chi connectivity index (χ1) is 8.72. The maximum atomic E-state index is 13.7. The van der Waals surface area contributed by atoms with E-state index in [4.69, 9.17) is 5.26 Å². The van der Waals surface area contributed by atoms with Gasteiger partial charge in [-0.3, -0.25) is 0 Å². The molecule has 0 fully saturated rings. The van der Waals surface area contributed by atoms with Gasteiger partial charge in [-0.25, -0.2) is 4.39 Å². The Labute approximate surface area is 110 Å². The van der Waals surface area contributed by atoms with Crippen LogP contribution in [0.4, 0.5) is 4.39 Å². The molecule has 0 bridgehead atoms. The molecule has 0 aliphatic heterocycles. The Morgan fingerprint density at radius 3 is 2.44 bits per heavy atom. The topological polar surface area (TPSA) is 23.8 Å². The molecule has 0 atom stereocenters. The molecule has 0 N–H and O–H groups in total. The number of benzene rings is 2. The number of nitrogens with zero attached hydrogens (tertiary/aromatic N) is 1. The van der Waals surface area contributed by atoms with Crippen molar-refractivity contribution in [2.75, 3.05) is 0 Å². The van der Waals surface area contributed by atoms with Gasteiger partial charge in [0.1, 0.15) is 5.82 Å². The van der Waals surface area contributed by atoms with E-state index in [2.05, 4.69) is 6.92 Å². The van der Waals surface area contributed by atoms with E-state index in [1.54, 1.807) is 12.1 Å². The summed E-state index contributed by atoms with van der Waals surface area (Å²) in [5.41, 5.74) is 1.61. The average Bonchev–Trinajstić information content (AvgIpc) is 2.42. The zero-order chi connectivity index (χ0) is 13.0. The number of halogens is 1. The molecule has 1 nitrogen and oxygen atoms in total. The third-order valence-electron chi connectivity index (χ3n) is 2.62. The van der Waals surface area contributed by atoms with E-state index < -0.39 is 0 Å². The fourth-order valence-corrected chi connectivity index (χ4v) is 2.39. The van der Waals surface area contributed by atoms with Gasteiger partial charge in [0.15, 0.2) is 0 Å². The largest absolute Gasteiger partial charge is 0.206 e. The standard InChI is InChI=1S/C15H12FNS/c1-2-11-3-6-13(7-4-11)18-15-8-5-12(10-17)9-14(15)16/h3-9H,2H2,1H3. The molecule has 0 saturated heterocycles. The first-order valence-corrected chi connectivity index (χ1v) is 6.51. The summed E-state index contributed by atoms with van der Waals surface area (Å²) in [6.07, 6.45) is 0.996. The Kier molecular flexibility index (Phi) is 4.01. The van der Waals surface area contributed by atoms with Crippen LogP contribution in [0.2, 0.25) is 0 Å². The van der Waals surface area contributed by atoms with Gasteiger partial charge in [0.2, 0.25) is 0 Å². The molecule has 0 saturated carbocycles. The first kappa shape index (κ1) is 12.7. The predicted octanol–water partition coefficient (Wildman–Crippen LogP) is 4.41. The summed E-state index contributed by atoms with van der Waals surface area (Å²) >= 11 is 1.37. The lowest BCUT2D eigenvalue weighted by Gasteiger charge is -2.04. The maximum Gasteiger partial charge on any atom is 0.138 e. The van der Waals surface area contributed by atoms with Crippen LogP contribution >= 0.6 is 11.8 Å². The number of hydrogen-bond acceptors (Lipinski definition) is 2. The molecule has 0 aromatic heterocycles. The Bertz CT molecular complexity index is 584. The van der Waals surface area contributed by atoms with Crippen molar-refractivity contribution in [1.82, 2.24) is 0 Å². The summed E-state index contributed by atoms with van der Waals surface area (Å²) in [5.74, 6) is -0.349. The Balaban J connectivity index is 2.20. The molecule has 2 rings (SSSR count). The van der Waals surface area contributed by atoms with Crippen molar-refractivity contribution < 1.29 is 4.39 Å². The second-order valence-electron chi connectivity index (χ2n) is 3.86. The second-order valence-corrected chi connectivity index (χ2v) is 4.97. The molecule has 0 heterocycles. The lowest BCUT2D eigenvalue weighted by molar-refractivity contribution is 0.601. The fourth-order valence-electron chi connectivity index (χ4n) is 1.57. The van der Waals surface area contributed by atoms with Crippen molar-refractivity contribution in [2.45, 2.75) is 23.1 Å². The van der Waals surface area contributed by atoms with Crippen LogP contribution in [0.15, 0.2) is 52.3 Å². The van der Waals surface area contributed by atoms with Crippen molar-refractivity contribution >= 4 is 11.8 Å². The molecule has 2 aromatic rings. The molecular weight excluding hydrogens is 245 g/mol. The summed E-state index contributed by atoms with van der Waals surface area (Å²) in [7, 11) is 0. The zero-order valence-corrected chi connectivity index (χ0v) is 10.8. The Morgan fingerprint density at radius 1 is 1.17 bits per heavy atom. The average molecular weight is 257 g/mol. The molecule has 0 amide bonds. The minimum atomic E-state index is -0.349. The predicted molar refractivity (Wildman–Crippen MR) is 71.1 cm³/mol. The highest BCUT2D eigenvalue weighted by Crippen LogP contribution is 2.30. The normalized spacial score (nSPS) is 10.1. The van der Waals surface area contributed by atoms with Crippen LogP contribution < -0.4 is 0 Å². The molecule has 90 valence electrons. The minimum Gasteiger partial charge on any atom is -0.206 e. The van der Waals surface area contributed by atoms with Crippen molar-refractivity contribution in [3.63, 3.8) is 0 Å². The van der Waals surface area contributed by atoms with Crippen LogP contribution in [0, 0.1) is 17.1 Å². The van der Waals surface area contributed by atoms with Gasteiger partial charge in [0.05, 0.1) is 11.6 Å². The second kappa shape index (κ2) is 5.70. The highest BCUT2D eigenvalue weighted by Gasteiger charge is 2.05. The Morgan fingerprint density at radius 2 is 1.89 bits per heavy atom. The highest BCUT2D eigenvalue weighted by atomic mass is 32.2. The smallest absolute Gasteiger partial charge is 0.138 e. The van der Waals surface area contributed by atoms with Gasteiger partial charge < -0.3 is 0 Å². The quantitative estimate of drug-likeness (QED) is 0.813. The van der Waals surface area contributed by atoms with Gasteiger partial charge >= 0.3 is 0 Å². The molecule has 0 unspecified atom stereocenters. The van der Waals surface area contributed by atoms with Gasteiger partial charge in [-0.2, -0.15) is 5.26 Å². The summed E-state index contributed by atoms with van der Waals surface area (Å²) in [5, 5.41) is 8.68. The first-order valence-electron chi connectivity index (χ1n) is 5.69. The van der Waals surface area contributed by atoms with Crippen molar-refractivity contribution in [3.8, 4) is 6.07 Å². The van der Waals surface area contributed by atoms with Crippen LogP contribution in [0.25, 0.3) is 0 Å². The number of aryl methyl sites for hydroxylation is 1.